The van der Waals surface area contributed by atoms with Crippen molar-refractivity contribution in [3.63, 3.8) is 0 Å². The third-order valence-electron chi connectivity index (χ3n) is 2.04. The van der Waals surface area contributed by atoms with Crippen molar-refractivity contribution in [3.05, 3.63) is 16.9 Å². The van der Waals surface area contributed by atoms with Crippen LogP contribution in [-0.2, 0) is 0 Å². The Hall–Kier alpha value is -0.770. The van der Waals surface area contributed by atoms with E-state index < -0.39 is 0 Å². The van der Waals surface area contributed by atoms with Gasteiger partial charge in [-0.3, -0.25) is 4.98 Å². The third kappa shape index (κ3) is 2.87. The minimum absolute atomic E-state index is 0.431. The van der Waals surface area contributed by atoms with Crippen LogP contribution in [0.25, 0.3) is 0 Å². The molecule has 0 fully saturated rings. The molecule has 4 heteroatoms. The Labute approximate surface area is 93.2 Å². The van der Waals surface area contributed by atoms with Crippen molar-refractivity contribution in [2.24, 2.45) is 0 Å². The third-order valence-corrected chi connectivity index (χ3v) is 2.64. The molecule has 1 aromatic rings. The molecule has 0 amide bonds. The molecule has 1 aromatic heterocycles. The van der Waals surface area contributed by atoms with Crippen LogP contribution in [0.5, 0.6) is 0 Å². The van der Waals surface area contributed by atoms with Gasteiger partial charge >= 0.3 is 0 Å². The van der Waals surface area contributed by atoms with Gasteiger partial charge in [0.15, 0.2) is 0 Å². The van der Waals surface area contributed by atoms with Gasteiger partial charge in [0.05, 0.1) is 22.0 Å². The zero-order valence-corrected chi connectivity index (χ0v) is 10.1. The quantitative estimate of drug-likeness (QED) is 0.872. The van der Waals surface area contributed by atoms with E-state index in [1.54, 1.807) is 12.4 Å². The van der Waals surface area contributed by atoms with Crippen molar-refractivity contribution in [2.45, 2.75) is 32.7 Å². The molecule has 0 aliphatic rings. The number of hydrogen-bond donors (Lipinski definition) is 2. The lowest BCUT2D eigenvalue weighted by atomic mass is 10.2. The Morgan fingerprint density at radius 1 is 1.57 bits per heavy atom. The number of aromatic nitrogens is 1. The maximum Gasteiger partial charge on any atom is 0.0752 e. The van der Waals surface area contributed by atoms with E-state index in [1.807, 2.05) is 0 Å². The normalized spacial score (nSPS) is 12.5. The number of nitrogen functional groups attached to an aromatic ring is 1. The second-order valence-electron chi connectivity index (χ2n) is 3.42. The van der Waals surface area contributed by atoms with E-state index in [2.05, 4.69) is 40.1 Å². The van der Waals surface area contributed by atoms with Crippen LogP contribution in [0.3, 0.4) is 0 Å². The molecule has 3 nitrogen and oxygen atoms in total. The molecule has 0 aromatic carbocycles. The zero-order chi connectivity index (χ0) is 10.6. The number of pyridine rings is 1. The van der Waals surface area contributed by atoms with Crippen LogP contribution in [0.2, 0.25) is 0 Å². The van der Waals surface area contributed by atoms with Gasteiger partial charge in [-0.1, -0.05) is 13.3 Å². The second-order valence-corrected chi connectivity index (χ2v) is 4.27. The van der Waals surface area contributed by atoms with Crippen molar-refractivity contribution in [1.29, 1.82) is 0 Å². The molecule has 0 aliphatic carbocycles. The topological polar surface area (TPSA) is 50.9 Å². The van der Waals surface area contributed by atoms with Crippen molar-refractivity contribution >= 4 is 27.3 Å². The van der Waals surface area contributed by atoms with E-state index in [0.717, 1.165) is 23.0 Å². The second kappa shape index (κ2) is 5.20. The molecule has 3 N–H and O–H groups in total. The number of nitrogens with one attached hydrogen (secondary N) is 1. The molecule has 1 unspecified atom stereocenters. The highest BCUT2D eigenvalue weighted by atomic mass is 79.9. The Kier molecular flexibility index (Phi) is 4.20. The van der Waals surface area contributed by atoms with Crippen LogP contribution in [-0.4, -0.2) is 11.0 Å². The number of rotatable bonds is 4. The Balaban J connectivity index is 2.75. The molecule has 1 atom stereocenters. The number of nitrogens with zero attached hydrogens (tertiary/aromatic N) is 1. The number of hydrogen-bond acceptors (Lipinski definition) is 3. The average Bonchev–Trinajstić information content (AvgIpc) is 2.12. The molecule has 78 valence electrons. The van der Waals surface area contributed by atoms with Crippen molar-refractivity contribution in [3.8, 4) is 0 Å². The summed E-state index contributed by atoms with van der Waals surface area (Å²) in [5, 5.41) is 3.37. The first-order valence-corrected chi connectivity index (χ1v) is 5.60. The molecule has 0 spiro atoms. The molecule has 0 radical (unpaired) electrons. The summed E-state index contributed by atoms with van der Waals surface area (Å²) in [5.74, 6) is 0. The summed E-state index contributed by atoms with van der Waals surface area (Å²) in [6.07, 6.45) is 5.70. The van der Waals surface area contributed by atoms with Gasteiger partial charge in [0.2, 0.25) is 0 Å². The van der Waals surface area contributed by atoms with Crippen LogP contribution >= 0.6 is 15.9 Å². The van der Waals surface area contributed by atoms with Crippen LogP contribution in [0.1, 0.15) is 26.7 Å². The summed E-state index contributed by atoms with van der Waals surface area (Å²) in [5.41, 5.74) is 7.44. The molecule has 0 saturated carbocycles. The van der Waals surface area contributed by atoms with Crippen LogP contribution in [0.4, 0.5) is 11.4 Å². The smallest absolute Gasteiger partial charge is 0.0752 e. The zero-order valence-electron chi connectivity index (χ0n) is 8.55. The van der Waals surface area contributed by atoms with E-state index >= 15 is 0 Å². The first-order valence-electron chi connectivity index (χ1n) is 4.80. The lowest BCUT2D eigenvalue weighted by Gasteiger charge is -2.16. The summed E-state index contributed by atoms with van der Waals surface area (Å²) in [7, 11) is 0. The predicted octanol–water partition coefficient (Wildman–Crippen LogP) is 3.03. The summed E-state index contributed by atoms with van der Waals surface area (Å²) < 4.78 is 0.917. The summed E-state index contributed by atoms with van der Waals surface area (Å²) in [4.78, 5) is 3.99. The largest absolute Gasteiger partial charge is 0.396 e. The summed E-state index contributed by atoms with van der Waals surface area (Å²) in [6, 6.07) is 0.431. The highest BCUT2D eigenvalue weighted by molar-refractivity contribution is 9.10. The first-order chi connectivity index (χ1) is 6.65. The standard InChI is InChI=1S/C10H16BrN3/c1-3-4-7(2)14-10-8(11)5-13-6-9(10)12/h5-7H,3-4,12H2,1-2H3,(H,13,14). The van der Waals surface area contributed by atoms with Gasteiger partial charge in [-0.25, -0.2) is 0 Å². The Bertz CT molecular complexity index is 281. The van der Waals surface area contributed by atoms with Gasteiger partial charge in [-0.05, 0) is 29.3 Å². The number of nitrogens with two attached hydrogens (primary N) is 1. The van der Waals surface area contributed by atoms with E-state index in [-0.39, 0.29) is 0 Å². The minimum Gasteiger partial charge on any atom is -0.396 e. The van der Waals surface area contributed by atoms with Gasteiger partial charge in [-0.2, -0.15) is 0 Å². The molecule has 14 heavy (non-hydrogen) atoms. The molecule has 0 bridgehead atoms. The van der Waals surface area contributed by atoms with Gasteiger partial charge in [-0.15, -0.1) is 0 Å². The average molecular weight is 258 g/mol. The van der Waals surface area contributed by atoms with Crippen LogP contribution in [0, 0.1) is 0 Å². The molecular weight excluding hydrogens is 242 g/mol. The predicted molar refractivity (Wildman–Crippen MR) is 64.3 cm³/mol. The minimum atomic E-state index is 0.431. The maximum absolute atomic E-state index is 5.81. The molecule has 1 heterocycles. The summed E-state index contributed by atoms with van der Waals surface area (Å²) in [6.45, 7) is 4.32. The monoisotopic (exact) mass is 257 g/mol. The molecular formula is C10H16BrN3. The molecule has 0 saturated heterocycles. The molecule has 1 rings (SSSR count). The number of halogens is 1. The maximum atomic E-state index is 5.81. The summed E-state index contributed by atoms with van der Waals surface area (Å²) >= 11 is 3.42. The SMILES string of the molecule is CCCC(C)Nc1c(N)cncc1Br. The first kappa shape index (κ1) is 11.3. The van der Waals surface area contributed by atoms with E-state index in [4.69, 9.17) is 5.73 Å². The van der Waals surface area contributed by atoms with Gasteiger partial charge in [0, 0.05) is 12.2 Å². The van der Waals surface area contributed by atoms with Crippen LogP contribution in [0.15, 0.2) is 16.9 Å². The van der Waals surface area contributed by atoms with Gasteiger partial charge < -0.3 is 11.1 Å². The van der Waals surface area contributed by atoms with E-state index in [0.29, 0.717) is 11.7 Å². The van der Waals surface area contributed by atoms with E-state index in [9.17, 15) is 0 Å². The number of anilines is 2. The van der Waals surface area contributed by atoms with Crippen molar-refractivity contribution < 1.29 is 0 Å². The van der Waals surface area contributed by atoms with Crippen LogP contribution < -0.4 is 11.1 Å². The fourth-order valence-electron chi connectivity index (χ4n) is 1.35. The Morgan fingerprint density at radius 3 is 2.86 bits per heavy atom. The lowest BCUT2D eigenvalue weighted by molar-refractivity contribution is 0.690. The van der Waals surface area contributed by atoms with Gasteiger partial charge in [0.1, 0.15) is 0 Å². The molecule has 0 aliphatic heterocycles. The fraction of sp³-hybridized carbons (Fsp3) is 0.500. The lowest BCUT2D eigenvalue weighted by Crippen LogP contribution is -2.16. The fourth-order valence-corrected chi connectivity index (χ4v) is 1.82. The highest BCUT2D eigenvalue weighted by Gasteiger charge is 2.07. The van der Waals surface area contributed by atoms with E-state index in [1.165, 1.54) is 0 Å². The highest BCUT2D eigenvalue weighted by Crippen LogP contribution is 2.27. The van der Waals surface area contributed by atoms with Crippen molar-refractivity contribution in [1.82, 2.24) is 4.98 Å². The Morgan fingerprint density at radius 2 is 2.29 bits per heavy atom. The van der Waals surface area contributed by atoms with Crippen molar-refractivity contribution in [2.75, 3.05) is 11.1 Å². The van der Waals surface area contributed by atoms with Gasteiger partial charge in [0.25, 0.3) is 0 Å².